The van der Waals surface area contributed by atoms with Gasteiger partial charge in [-0.1, -0.05) is 17.9 Å². The summed E-state index contributed by atoms with van der Waals surface area (Å²) in [5.41, 5.74) is 13.2. The van der Waals surface area contributed by atoms with Crippen molar-refractivity contribution in [3.63, 3.8) is 0 Å². The standard InChI is InChI=1S/C10H11ClN2/c11-7-2-1-4-8-5-3-6-9(12)10(8)13/h3,5-6H,2,7,12-13H2. The highest BCUT2D eigenvalue weighted by Crippen LogP contribution is 2.17. The quantitative estimate of drug-likeness (QED) is 0.407. The molecule has 0 amide bonds. The molecule has 0 aromatic heterocycles. The minimum absolute atomic E-state index is 0.537. The van der Waals surface area contributed by atoms with E-state index in [2.05, 4.69) is 11.8 Å². The average Bonchev–Trinajstić information content (AvgIpc) is 2.13. The van der Waals surface area contributed by atoms with Gasteiger partial charge in [0.15, 0.2) is 0 Å². The maximum Gasteiger partial charge on any atom is 0.0706 e. The summed E-state index contributed by atoms with van der Waals surface area (Å²) in [4.78, 5) is 0. The van der Waals surface area contributed by atoms with E-state index in [9.17, 15) is 0 Å². The molecule has 2 nitrogen and oxygen atoms in total. The molecule has 1 rings (SSSR count). The van der Waals surface area contributed by atoms with Gasteiger partial charge in [0, 0.05) is 17.9 Å². The molecule has 0 atom stereocenters. The molecule has 3 heteroatoms. The highest BCUT2D eigenvalue weighted by atomic mass is 35.5. The van der Waals surface area contributed by atoms with E-state index in [4.69, 9.17) is 23.1 Å². The van der Waals surface area contributed by atoms with Crippen molar-refractivity contribution in [2.45, 2.75) is 6.42 Å². The SMILES string of the molecule is Nc1cccc(C#CCCCl)c1N. The highest BCUT2D eigenvalue weighted by molar-refractivity contribution is 6.18. The van der Waals surface area contributed by atoms with Crippen molar-refractivity contribution in [1.29, 1.82) is 0 Å². The number of benzene rings is 1. The molecule has 0 aliphatic carbocycles. The lowest BCUT2D eigenvalue weighted by Crippen LogP contribution is -1.96. The van der Waals surface area contributed by atoms with Crippen molar-refractivity contribution in [1.82, 2.24) is 0 Å². The van der Waals surface area contributed by atoms with Crippen LogP contribution in [0.25, 0.3) is 0 Å². The van der Waals surface area contributed by atoms with Crippen LogP contribution in [-0.2, 0) is 0 Å². The number of hydrogen-bond acceptors (Lipinski definition) is 2. The molecule has 0 fully saturated rings. The Labute approximate surface area is 82.9 Å². The molecule has 4 N–H and O–H groups in total. The maximum absolute atomic E-state index is 5.70. The van der Waals surface area contributed by atoms with Crippen molar-refractivity contribution < 1.29 is 0 Å². The van der Waals surface area contributed by atoms with Crippen LogP contribution in [0.2, 0.25) is 0 Å². The van der Waals surface area contributed by atoms with E-state index < -0.39 is 0 Å². The van der Waals surface area contributed by atoms with Crippen LogP contribution in [0.5, 0.6) is 0 Å². The minimum atomic E-state index is 0.537. The zero-order chi connectivity index (χ0) is 9.68. The largest absolute Gasteiger partial charge is 0.397 e. The Balaban J connectivity index is 2.91. The van der Waals surface area contributed by atoms with Crippen LogP contribution in [-0.4, -0.2) is 5.88 Å². The third kappa shape index (κ3) is 2.57. The first-order chi connectivity index (χ1) is 6.25. The number of nitrogens with two attached hydrogens (primary N) is 2. The zero-order valence-electron chi connectivity index (χ0n) is 7.18. The van der Waals surface area contributed by atoms with Gasteiger partial charge in [0.25, 0.3) is 0 Å². The molecule has 1 aromatic rings. The van der Waals surface area contributed by atoms with Crippen molar-refractivity contribution in [3.8, 4) is 11.8 Å². The molecule has 0 aliphatic heterocycles. The summed E-state index contributed by atoms with van der Waals surface area (Å²) in [5, 5.41) is 0. The third-order valence-electron chi connectivity index (χ3n) is 1.58. The van der Waals surface area contributed by atoms with Gasteiger partial charge in [-0.25, -0.2) is 0 Å². The molecule has 0 unspecified atom stereocenters. The predicted octanol–water partition coefficient (Wildman–Crippen LogP) is 1.83. The monoisotopic (exact) mass is 194 g/mol. The fourth-order valence-electron chi connectivity index (χ4n) is 0.897. The molecule has 0 heterocycles. The second-order valence-corrected chi connectivity index (χ2v) is 2.93. The number of hydrogen-bond donors (Lipinski definition) is 2. The number of para-hydroxylation sites is 1. The van der Waals surface area contributed by atoms with Gasteiger partial charge in [0.2, 0.25) is 0 Å². The van der Waals surface area contributed by atoms with E-state index in [1.165, 1.54) is 0 Å². The highest BCUT2D eigenvalue weighted by Gasteiger charge is 1.97. The molecule has 0 aliphatic rings. The molecule has 0 radical (unpaired) electrons. The summed E-state index contributed by atoms with van der Waals surface area (Å²) >= 11 is 5.48. The van der Waals surface area contributed by atoms with Crippen LogP contribution in [0.4, 0.5) is 11.4 Å². The topological polar surface area (TPSA) is 52.0 Å². The number of halogens is 1. The normalized spacial score (nSPS) is 9.00. The smallest absolute Gasteiger partial charge is 0.0706 e. The van der Waals surface area contributed by atoms with E-state index in [0.29, 0.717) is 23.7 Å². The summed E-state index contributed by atoms with van der Waals surface area (Å²) in [6, 6.07) is 5.42. The summed E-state index contributed by atoms with van der Waals surface area (Å²) < 4.78 is 0. The lowest BCUT2D eigenvalue weighted by Gasteiger charge is -2.00. The number of alkyl halides is 1. The van der Waals surface area contributed by atoms with Crippen molar-refractivity contribution in [2.75, 3.05) is 17.3 Å². The second-order valence-electron chi connectivity index (χ2n) is 2.55. The van der Waals surface area contributed by atoms with E-state index in [1.807, 2.05) is 12.1 Å². The Morgan fingerprint density at radius 3 is 2.77 bits per heavy atom. The van der Waals surface area contributed by atoms with Gasteiger partial charge in [0.05, 0.1) is 11.4 Å². The molecule has 1 aromatic carbocycles. The van der Waals surface area contributed by atoms with Crippen LogP contribution < -0.4 is 11.5 Å². The average molecular weight is 195 g/mol. The lowest BCUT2D eigenvalue weighted by molar-refractivity contribution is 1.29. The number of anilines is 2. The van der Waals surface area contributed by atoms with Crippen LogP contribution in [0.15, 0.2) is 18.2 Å². The van der Waals surface area contributed by atoms with Gasteiger partial charge in [-0.05, 0) is 12.1 Å². The Kier molecular flexibility index (Phi) is 3.48. The maximum atomic E-state index is 5.70. The predicted molar refractivity (Wildman–Crippen MR) is 57.5 cm³/mol. The Hall–Kier alpha value is -1.33. The first-order valence-electron chi connectivity index (χ1n) is 3.94. The molecule has 0 spiro atoms. The molecular formula is C10H11ClN2. The minimum Gasteiger partial charge on any atom is -0.397 e. The first kappa shape index (κ1) is 9.76. The van der Waals surface area contributed by atoms with Gasteiger partial charge < -0.3 is 11.5 Å². The molecule has 0 saturated carbocycles. The third-order valence-corrected chi connectivity index (χ3v) is 1.77. The fraction of sp³-hybridized carbons (Fsp3) is 0.200. The van der Waals surface area contributed by atoms with Gasteiger partial charge in [-0.3, -0.25) is 0 Å². The Bertz CT molecular complexity index is 350. The van der Waals surface area contributed by atoms with Gasteiger partial charge in [-0.15, -0.1) is 11.6 Å². The summed E-state index contributed by atoms with van der Waals surface area (Å²) in [7, 11) is 0. The molecular weight excluding hydrogens is 184 g/mol. The van der Waals surface area contributed by atoms with Crippen LogP contribution >= 0.6 is 11.6 Å². The lowest BCUT2D eigenvalue weighted by atomic mass is 10.1. The summed E-state index contributed by atoms with van der Waals surface area (Å²) in [6.07, 6.45) is 0.662. The first-order valence-corrected chi connectivity index (χ1v) is 4.48. The van der Waals surface area contributed by atoms with E-state index in [0.717, 1.165) is 5.56 Å². The van der Waals surface area contributed by atoms with Gasteiger partial charge in [0.1, 0.15) is 0 Å². The van der Waals surface area contributed by atoms with Gasteiger partial charge in [-0.2, -0.15) is 0 Å². The molecule has 0 bridgehead atoms. The molecule has 13 heavy (non-hydrogen) atoms. The number of nitrogen functional groups attached to an aromatic ring is 2. The molecule has 68 valence electrons. The Morgan fingerprint density at radius 2 is 2.08 bits per heavy atom. The van der Waals surface area contributed by atoms with Crippen molar-refractivity contribution >= 4 is 23.0 Å². The zero-order valence-corrected chi connectivity index (χ0v) is 7.93. The Morgan fingerprint density at radius 1 is 1.31 bits per heavy atom. The van der Waals surface area contributed by atoms with Crippen LogP contribution in [0.1, 0.15) is 12.0 Å². The van der Waals surface area contributed by atoms with Crippen molar-refractivity contribution in [3.05, 3.63) is 23.8 Å². The van der Waals surface area contributed by atoms with Crippen molar-refractivity contribution in [2.24, 2.45) is 0 Å². The molecule has 0 saturated heterocycles. The second kappa shape index (κ2) is 4.64. The van der Waals surface area contributed by atoms with Crippen LogP contribution in [0, 0.1) is 11.8 Å². The van der Waals surface area contributed by atoms with E-state index in [1.54, 1.807) is 6.07 Å². The van der Waals surface area contributed by atoms with E-state index >= 15 is 0 Å². The summed E-state index contributed by atoms with van der Waals surface area (Å²) in [5.74, 6) is 6.35. The summed E-state index contributed by atoms with van der Waals surface area (Å²) in [6.45, 7) is 0. The fourth-order valence-corrected chi connectivity index (χ4v) is 0.992. The number of rotatable bonds is 1. The van der Waals surface area contributed by atoms with E-state index in [-0.39, 0.29) is 0 Å². The van der Waals surface area contributed by atoms with Gasteiger partial charge >= 0.3 is 0 Å². The van der Waals surface area contributed by atoms with Crippen LogP contribution in [0.3, 0.4) is 0 Å².